The van der Waals surface area contributed by atoms with E-state index in [-0.39, 0.29) is 16.9 Å². The molecule has 20 heavy (non-hydrogen) atoms. The van der Waals surface area contributed by atoms with Gasteiger partial charge in [-0.05, 0) is 29.8 Å². The van der Waals surface area contributed by atoms with E-state index in [0.29, 0.717) is 5.56 Å². The third-order valence-electron chi connectivity index (χ3n) is 2.72. The number of hydrogen-bond donors (Lipinski definition) is 2. The lowest BCUT2D eigenvalue weighted by Crippen LogP contribution is -2.06. The summed E-state index contributed by atoms with van der Waals surface area (Å²) in [6.07, 6.45) is 2.82. The van der Waals surface area contributed by atoms with Crippen LogP contribution in [0.2, 0.25) is 0 Å². The second-order valence-corrected chi connectivity index (χ2v) is 4.14. The quantitative estimate of drug-likeness (QED) is 0.660. The molecule has 4 heteroatoms. The summed E-state index contributed by atoms with van der Waals surface area (Å²) in [6.45, 7) is 0. The average molecular weight is 268 g/mol. The van der Waals surface area contributed by atoms with E-state index in [2.05, 4.69) is 0 Å². The molecule has 0 aromatic heterocycles. The highest BCUT2D eigenvalue weighted by atomic mass is 16.4. The lowest BCUT2D eigenvalue weighted by molar-refractivity contribution is 0.0693. The van der Waals surface area contributed by atoms with Crippen LogP contribution in [0.4, 0.5) is 0 Å². The molecule has 0 bridgehead atoms. The molecule has 100 valence electrons. The number of carboxylic acid groups (broad SMARTS) is 1. The zero-order chi connectivity index (χ0) is 14.5. The van der Waals surface area contributed by atoms with Crippen LogP contribution in [0.3, 0.4) is 0 Å². The van der Waals surface area contributed by atoms with Crippen molar-refractivity contribution in [3.05, 3.63) is 71.3 Å². The van der Waals surface area contributed by atoms with E-state index in [0.717, 1.165) is 0 Å². The molecule has 0 saturated carbocycles. The maximum absolute atomic E-state index is 12.0. The van der Waals surface area contributed by atoms with Crippen molar-refractivity contribution in [3.8, 4) is 5.75 Å². The number of benzene rings is 2. The summed E-state index contributed by atoms with van der Waals surface area (Å²) in [5, 5.41) is 18.3. The fraction of sp³-hybridized carbons (Fsp3) is 0. The van der Waals surface area contributed by atoms with Crippen LogP contribution in [0.25, 0.3) is 6.08 Å². The minimum absolute atomic E-state index is 0.0296. The van der Waals surface area contributed by atoms with E-state index in [4.69, 9.17) is 5.11 Å². The van der Waals surface area contributed by atoms with Crippen LogP contribution in [0.5, 0.6) is 5.75 Å². The van der Waals surface area contributed by atoms with Crippen molar-refractivity contribution < 1.29 is 19.8 Å². The summed E-state index contributed by atoms with van der Waals surface area (Å²) in [5.41, 5.74) is 0.764. The van der Waals surface area contributed by atoms with Gasteiger partial charge in [0.25, 0.3) is 0 Å². The smallest absolute Gasteiger partial charge is 0.336 e. The van der Waals surface area contributed by atoms with Gasteiger partial charge in [0, 0.05) is 5.56 Å². The molecule has 2 aromatic rings. The number of carbonyl (C=O) groups excluding carboxylic acids is 1. The molecule has 0 aliphatic heterocycles. The molecule has 2 aromatic carbocycles. The Morgan fingerprint density at radius 2 is 1.65 bits per heavy atom. The summed E-state index contributed by atoms with van der Waals surface area (Å²) in [6, 6.07) is 12.5. The highest BCUT2D eigenvalue weighted by Gasteiger charge is 2.13. The first-order valence-electron chi connectivity index (χ1n) is 5.91. The summed E-state index contributed by atoms with van der Waals surface area (Å²) in [4.78, 5) is 23.1. The number of carbonyl (C=O) groups is 2. The summed E-state index contributed by atoms with van der Waals surface area (Å²) in [5.74, 6) is -1.43. The molecular formula is C16H12O4. The van der Waals surface area contributed by atoms with E-state index >= 15 is 0 Å². The highest BCUT2D eigenvalue weighted by molar-refractivity contribution is 6.12. The Kier molecular flexibility index (Phi) is 3.96. The van der Waals surface area contributed by atoms with Crippen molar-refractivity contribution in [2.75, 3.05) is 0 Å². The molecule has 2 rings (SSSR count). The monoisotopic (exact) mass is 268 g/mol. The maximum atomic E-state index is 12.0. The number of allylic oxidation sites excluding steroid dienone is 1. The first-order valence-corrected chi connectivity index (χ1v) is 5.91. The number of aromatic hydroxyl groups is 1. The number of ketones is 1. The molecule has 2 N–H and O–H groups in total. The van der Waals surface area contributed by atoms with Gasteiger partial charge in [-0.15, -0.1) is 0 Å². The van der Waals surface area contributed by atoms with E-state index in [1.54, 1.807) is 24.3 Å². The van der Waals surface area contributed by atoms with Gasteiger partial charge in [0.15, 0.2) is 5.78 Å². The number of phenolic OH excluding ortho intramolecular Hbond substituents is 1. The van der Waals surface area contributed by atoms with Gasteiger partial charge in [0.05, 0.1) is 5.56 Å². The first-order chi connectivity index (χ1) is 9.58. The Hall–Kier alpha value is -2.88. The van der Waals surface area contributed by atoms with Crippen molar-refractivity contribution in [1.82, 2.24) is 0 Å². The largest absolute Gasteiger partial charge is 0.508 e. The first kappa shape index (κ1) is 13.5. The number of hydrogen-bond acceptors (Lipinski definition) is 3. The van der Waals surface area contributed by atoms with Crippen LogP contribution in [-0.2, 0) is 0 Å². The Bertz CT molecular complexity index is 686. The molecule has 0 aliphatic carbocycles. The molecule has 0 fully saturated rings. The van der Waals surface area contributed by atoms with Gasteiger partial charge in [-0.25, -0.2) is 4.79 Å². The van der Waals surface area contributed by atoms with Crippen molar-refractivity contribution in [2.24, 2.45) is 0 Å². The van der Waals surface area contributed by atoms with Gasteiger partial charge < -0.3 is 10.2 Å². The van der Waals surface area contributed by atoms with E-state index < -0.39 is 11.8 Å². The van der Waals surface area contributed by atoms with Crippen molar-refractivity contribution in [3.63, 3.8) is 0 Å². The van der Waals surface area contributed by atoms with Gasteiger partial charge in [0.1, 0.15) is 5.75 Å². The fourth-order valence-corrected chi connectivity index (χ4v) is 1.77. The van der Waals surface area contributed by atoms with Gasteiger partial charge in [0.2, 0.25) is 0 Å². The summed E-state index contributed by atoms with van der Waals surface area (Å²) >= 11 is 0. The van der Waals surface area contributed by atoms with Crippen LogP contribution >= 0.6 is 0 Å². The van der Waals surface area contributed by atoms with E-state index in [9.17, 15) is 14.7 Å². The summed E-state index contributed by atoms with van der Waals surface area (Å²) < 4.78 is 0. The zero-order valence-electron chi connectivity index (χ0n) is 10.5. The molecule has 0 unspecified atom stereocenters. The Morgan fingerprint density at radius 1 is 0.950 bits per heavy atom. The second kappa shape index (κ2) is 5.84. The predicted molar refractivity (Wildman–Crippen MR) is 74.9 cm³/mol. The van der Waals surface area contributed by atoms with Crippen LogP contribution in [0.15, 0.2) is 54.6 Å². The predicted octanol–water partition coefficient (Wildman–Crippen LogP) is 2.99. The molecule has 0 aliphatic rings. The number of carboxylic acids is 1. The van der Waals surface area contributed by atoms with Gasteiger partial charge in [-0.1, -0.05) is 36.4 Å². The summed E-state index contributed by atoms with van der Waals surface area (Å²) in [7, 11) is 0. The Labute approximate surface area is 115 Å². The van der Waals surface area contributed by atoms with E-state index in [1.807, 2.05) is 0 Å². The van der Waals surface area contributed by atoms with Crippen LogP contribution in [-0.4, -0.2) is 22.0 Å². The third kappa shape index (κ3) is 3.11. The lowest BCUT2D eigenvalue weighted by atomic mass is 10.0. The number of phenols is 1. The molecule has 0 spiro atoms. The molecule has 0 heterocycles. The topological polar surface area (TPSA) is 74.6 Å². The molecule has 0 amide bonds. The Balaban J connectivity index is 2.27. The average Bonchev–Trinajstić information content (AvgIpc) is 2.45. The Morgan fingerprint density at radius 3 is 2.30 bits per heavy atom. The third-order valence-corrected chi connectivity index (χ3v) is 2.72. The minimum Gasteiger partial charge on any atom is -0.508 e. The normalized spacial score (nSPS) is 10.6. The SMILES string of the molecule is O=C(O)c1ccccc1C(=O)C=Cc1cccc(O)c1. The molecular weight excluding hydrogens is 256 g/mol. The fourth-order valence-electron chi connectivity index (χ4n) is 1.77. The van der Waals surface area contributed by atoms with Crippen molar-refractivity contribution >= 4 is 17.8 Å². The van der Waals surface area contributed by atoms with Gasteiger partial charge in [-0.3, -0.25) is 4.79 Å². The molecule has 0 radical (unpaired) electrons. The van der Waals surface area contributed by atoms with E-state index in [1.165, 1.54) is 36.4 Å². The number of aromatic carboxylic acids is 1. The maximum Gasteiger partial charge on any atom is 0.336 e. The van der Waals surface area contributed by atoms with Crippen molar-refractivity contribution in [2.45, 2.75) is 0 Å². The molecule has 4 nitrogen and oxygen atoms in total. The van der Waals surface area contributed by atoms with Gasteiger partial charge >= 0.3 is 5.97 Å². The van der Waals surface area contributed by atoms with Crippen LogP contribution in [0, 0.1) is 0 Å². The zero-order valence-corrected chi connectivity index (χ0v) is 10.5. The molecule has 0 atom stereocenters. The number of rotatable bonds is 4. The van der Waals surface area contributed by atoms with Gasteiger partial charge in [-0.2, -0.15) is 0 Å². The minimum atomic E-state index is -1.14. The lowest BCUT2D eigenvalue weighted by Gasteiger charge is -2.01. The molecule has 0 saturated heterocycles. The standard InChI is InChI=1S/C16H12O4/c17-12-5-3-4-11(10-12)8-9-15(18)13-6-1-2-7-14(13)16(19)20/h1-10,17H,(H,19,20). The van der Waals surface area contributed by atoms with Crippen molar-refractivity contribution in [1.29, 1.82) is 0 Å². The van der Waals surface area contributed by atoms with Crippen LogP contribution < -0.4 is 0 Å². The van der Waals surface area contributed by atoms with Crippen LogP contribution in [0.1, 0.15) is 26.3 Å². The second-order valence-electron chi connectivity index (χ2n) is 4.14. The highest BCUT2D eigenvalue weighted by Crippen LogP contribution is 2.14.